The van der Waals surface area contributed by atoms with Crippen molar-refractivity contribution < 1.29 is 14.4 Å². The van der Waals surface area contributed by atoms with Crippen LogP contribution in [0.2, 0.25) is 0 Å². The number of nitrogens with zero attached hydrogens (tertiary/aromatic N) is 1. The summed E-state index contributed by atoms with van der Waals surface area (Å²) in [6, 6.07) is 14.2. The second kappa shape index (κ2) is 5.86. The third-order valence-electron chi connectivity index (χ3n) is 4.32. The third-order valence-corrected chi connectivity index (χ3v) is 5.30. The Labute approximate surface area is 146 Å². The molecule has 0 fully saturated rings. The predicted molar refractivity (Wildman–Crippen MR) is 94.3 cm³/mol. The molecule has 0 saturated heterocycles. The molecule has 7 heteroatoms. The summed E-state index contributed by atoms with van der Waals surface area (Å²) in [6.45, 7) is 0. The Hall–Kier alpha value is -2.93. The Morgan fingerprint density at radius 2 is 1.88 bits per heavy atom. The van der Waals surface area contributed by atoms with Crippen molar-refractivity contribution in [3.63, 3.8) is 0 Å². The lowest BCUT2D eigenvalue weighted by Crippen LogP contribution is -2.29. The molecule has 4 rings (SSSR count). The van der Waals surface area contributed by atoms with E-state index >= 15 is 0 Å². The molecule has 0 radical (unpaired) electrons. The zero-order chi connectivity index (χ0) is 17.6. The first-order chi connectivity index (χ1) is 12.1. The predicted octanol–water partition coefficient (Wildman–Crippen LogP) is 3.40. The maximum atomic E-state index is 12.7. The van der Waals surface area contributed by atoms with Gasteiger partial charge in [0.1, 0.15) is 17.4 Å². The molecule has 1 aliphatic rings. The summed E-state index contributed by atoms with van der Waals surface area (Å²) in [5.41, 5.74) is 1.01. The van der Waals surface area contributed by atoms with Crippen LogP contribution in [0.15, 0.2) is 53.3 Å². The first-order valence-electron chi connectivity index (χ1n) is 7.60. The maximum absolute atomic E-state index is 12.7. The number of nitro groups is 1. The largest absolute Gasteiger partial charge is 0.497 e. The lowest BCUT2D eigenvalue weighted by Gasteiger charge is -2.12. The van der Waals surface area contributed by atoms with E-state index in [0.29, 0.717) is 22.6 Å². The van der Waals surface area contributed by atoms with Crippen molar-refractivity contribution >= 4 is 21.4 Å². The van der Waals surface area contributed by atoms with E-state index in [4.69, 9.17) is 9.47 Å². The molecule has 2 atom stereocenters. The van der Waals surface area contributed by atoms with Crippen molar-refractivity contribution in [1.29, 1.82) is 0 Å². The van der Waals surface area contributed by atoms with Crippen LogP contribution in [-0.2, 0) is 0 Å². The van der Waals surface area contributed by atoms with Gasteiger partial charge in [0.15, 0.2) is 0 Å². The van der Waals surface area contributed by atoms with Gasteiger partial charge in [0, 0.05) is 10.1 Å². The topological polar surface area (TPSA) is 78.7 Å². The number of hydrogen-bond donors (Lipinski definition) is 0. The molecule has 3 aromatic rings. The molecule has 0 unspecified atom stereocenters. The monoisotopic (exact) mass is 355 g/mol. The van der Waals surface area contributed by atoms with Crippen LogP contribution in [0.3, 0.4) is 0 Å². The molecule has 0 amide bonds. The van der Waals surface area contributed by atoms with E-state index in [-0.39, 0.29) is 4.74 Å². The molecule has 1 aromatic heterocycles. The van der Waals surface area contributed by atoms with Crippen molar-refractivity contribution in [2.24, 2.45) is 0 Å². The molecule has 0 saturated carbocycles. The normalized spacial score (nSPS) is 18.6. The van der Waals surface area contributed by atoms with Crippen molar-refractivity contribution in [2.75, 3.05) is 7.11 Å². The molecule has 1 aliphatic heterocycles. The number of rotatable bonds is 3. The molecule has 25 heavy (non-hydrogen) atoms. The lowest BCUT2D eigenvalue weighted by molar-refractivity contribution is -0.561. The Kier molecular flexibility index (Phi) is 3.65. The van der Waals surface area contributed by atoms with Crippen molar-refractivity contribution in [1.82, 2.24) is 0 Å². The summed E-state index contributed by atoms with van der Waals surface area (Å²) in [5.74, 6) is 0.218. The summed E-state index contributed by atoms with van der Waals surface area (Å²) < 4.78 is 11.3. The first kappa shape index (κ1) is 15.6. The van der Waals surface area contributed by atoms with Gasteiger partial charge in [-0.1, -0.05) is 35.6 Å². The van der Waals surface area contributed by atoms with E-state index in [1.165, 1.54) is 0 Å². The van der Waals surface area contributed by atoms with Crippen LogP contribution in [0.25, 0.3) is 10.1 Å². The van der Waals surface area contributed by atoms with E-state index in [1.54, 1.807) is 31.4 Å². The summed E-state index contributed by atoms with van der Waals surface area (Å²) in [4.78, 5) is 23.8. The van der Waals surface area contributed by atoms with Gasteiger partial charge in [-0.05, 0) is 29.8 Å². The SMILES string of the molecule is COc1ccc([C@@H]2c3c(c4ccccc4sc3=O)O[C@H]2[N+](=O)[O-])cc1. The quantitative estimate of drug-likeness (QED) is 0.531. The van der Waals surface area contributed by atoms with Gasteiger partial charge in [-0.15, -0.1) is 0 Å². The number of ether oxygens (including phenoxy) is 2. The van der Waals surface area contributed by atoms with Crippen molar-refractivity contribution in [3.05, 3.63) is 79.3 Å². The number of fused-ring (bicyclic) bond motifs is 3. The molecule has 6 nitrogen and oxygen atoms in total. The van der Waals surface area contributed by atoms with E-state index in [0.717, 1.165) is 21.4 Å². The lowest BCUT2D eigenvalue weighted by atomic mass is 9.92. The number of methoxy groups -OCH3 is 1. The fraction of sp³-hybridized carbons (Fsp3) is 0.167. The van der Waals surface area contributed by atoms with E-state index in [1.807, 2.05) is 24.3 Å². The van der Waals surface area contributed by atoms with Crippen molar-refractivity contribution in [2.45, 2.75) is 12.1 Å². The van der Waals surface area contributed by atoms with Crippen LogP contribution in [-0.4, -0.2) is 18.3 Å². The molecule has 0 N–H and O–H groups in total. The first-order valence-corrected chi connectivity index (χ1v) is 8.41. The number of benzene rings is 2. The zero-order valence-electron chi connectivity index (χ0n) is 13.2. The Balaban J connectivity index is 1.96. The molecular weight excluding hydrogens is 342 g/mol. The van der Waals surface area contributed by atoms with Gasteiger partial charge in [0.05, 0.1) is 17.6 Å². The highest BCUT2D eigenvalue weighted by Gasteiger charge is 2.46. The second-order valence-electron chi connectivity index (χ2n) is 5.67. The Morgan fingerprint density at radius 3 is 2.56 bits per heavy atom. The molecule has 126 valence electrons. The molecule has 0 aliphatic carbocycles. The fourth-order valence-corrected chi connectivity index (χ4v) is 4.12. The fourth-order valence-electron chi connectivity index (χ4n) is 3.17. The Morgan fingerprint density at radius 1 is 1.16 bits per heavy atom. The van der Waals surface area contributed by atoms with Gasteiger partial charge in [-0.2, -0.15) is 0 Å². The van der Waals surface area contributed by atoms with Crippen molar-refractivity contribution in [3.8, 4) is 11.5 Å². The minimum Gasteiger partial charge on any atom is -0.497 e. The van der Waals surface area contributed by atoms with Crippen LogP contribution in [0.1, 0.15) is 17.0 Å². The smallest absolute Gasteiger partial charge is 0.365 e. The van der Waals surface area contributed by atoms with E-state index in [2.05, 4.69) is 0 Å². The summed E-state index contributed by atoms with van der Waals surface area (Å²) in [7, 11) is 1.55. The minimum atomic E-state index is -1.32. The van der Waals surface area contributed by atoms with Gasteiger partial charge in [-0.25, -0.2) is 0 Å². The molecule has 2 heterocycles. The molecular formula is C18H13NO5S. The van der Waals surface area contributed by atoms with Crippen LogP contribution in [0.5, 0.6) is 11.5 Å². The van der Waals surface area contributed by atoms with Crippen LogP contribution >= 0.6 is 11.3 Å². The van der Waals surface area contributed by atoms with Crippen LogP contribution in [0.4, 0.5) is 0 Å². The molecule has 0 spiro atoms. The van der Waals surface area contributed by atoms with Crippen LogP contribution in [0, 0.1) is 10.1 Å². The average Bonchev–Trinajstić information content (AvgIpc) is 3.04. The highest BCUT2D eigenvalue weighted by molar-refractivity contribution is 7.16. The highest BCUT2D eigenvalue weighted by atomic mass is 32.1. The molecule has 2 aromatic carbocycles. The van der Waals surface area contributed by atoms with Crippen LogP contribution < -0.4 is 14.2 Å². The zero-order valence-corrected chi connectivity index (χ0v) is 14.0. The average molecular weight is 355 g/mol. The highest BCUT2D eigenvalue weighted by Crippen LogP contribution is 2.45. The summed E-state index contributed by atoms with van der Waals surface area (Å²) >= 11 is 1.08. The van der Waals surface area contributed by atoms with Gasteiger partial charge >= 0.3 is 6.23 Å². The van der Waals surface area contributed by atoms with E-state index in [9.17, 15) is 14.9 Å². The summed E-state index contributed by atoms with van der Waals surface area (Å²) in [5, 5.41) is 12.3. The van der Waals surface area contributed by atoms with E-state index < -0.39 is 17.1 Å². The second-order valence-corrected chi connectivity index (χ2v) is 6.69. The van der Waals surface area contributed by atoms with Gasteiger partial charge in [0.2, 0.25) is 4.74 Å². The molecule has 0 bridgehead atoms. The van der Waals surface area contributed by atoms with Gasteiger partial charge in [-0.3, -0.25) is 14.9 Å². The summed E-state index contributed by atoms with van der Waals surface area (Å²) in [6.07, 6.45) is -1.32. The maximum Gasteiger partial charge on any atom is 0.365 e. The third kappa shape index (κ3) is 2.44. The van der Waals surface area contributed by atoms with Gasteiger partial charge < -0.3 is 9.47 Å². The Bertz CT molecular complexity index is 1030. The van der Waals surface area contributed by atoms with Gasteiger partial charge in [0.25, 0.3) is 0 Å². The number of hydrogen-bond acceptors (Lipinski definition) is 6. The standard InChI is InChI=1S/C18H13NO5S/c1-23-11-8-6-10(7-9-11)14-15-16(24-17(14)19(21)22)12-4-2-3-5-13(12)25-18(15)20/h2-9,14,17H,1H3/t14-,17-/m1/s1. The minimum absolute atomic E-state index is 0.209.